The van der Waals surface area contributed by atoms with Gasteiger partial charge in [-0.2, -0.15) is 10.2 Å². The molecule has 0 saturated heterocycles. The molecule has 0 fully saturated rings. The van der Waals surface area contributed by atoms with Crippen molar-refractivity contribution in [2.45, 2.75) is 6.42 Å². The third-order valence-electron chi connectivity index (χ3n) is 4.26. The summed E-state index contributed by atoms with van der Waals surface area (Å²) in [6, 6.07) is 12.5. The molecule has 31 heavy (non-hydrogen) atoms. The highest BCUT2D eigenvalue weighted by atomic mass is 19.1. The minimum atomic E-state index is -0.683. The SMILES string of the molecule is COc1ccn2nc(NC(=O)Cc3ccc(Oc4ncccc4C#N)c(F)c3)nc2c1. The van der Waals surface area contributed by atoms with Gasteiger partial charge in [-0.1, -0.05) is 6.07 Å². The van der Waals surface area contributed by atoms with Gasteiger partial charge in [0.1, 0.15) is 17.4 Å². The second kappa shape index (κ2) is 8.46. The number of ether oxygens (including phenoxy) is 2. The van der Waals surface area contributed by atoms with Gasteiger partial charge >= 0.3 is 0 Å². The highest BCUT2D eigenvalue weighted by Gasteiger charge is 2.13. The Morgan fingerprint density at radius 1 is 1.29 bits per heavy atom. The molecule has 0 aliphatic heterocycles. The van der Waals surface area contributed by atoms with Gasteiger partial charge in [-0.05, 0) is 35.9 Å². The average molecular weight is 418 g/mol. The highest BCUT2D eigenvalue weighted by molar-refractivity contribution is 5.90. The lowest BCUT2D eigenvalue weighted by Gasteiger charge is -2.08. The predicted molar refractivity (Wildman–Crippen MR) is 107 cm³/mol. The van der Waals surface area contributed by atoms with Crippen LogP contribution in [-0.2, 0) is 11.2 Å². The Morgan fingerprint density at radius 2 is 2.16 bits per heavy atom. The minimum Gasteiger partial charge on any atom is -0.497 e. The molecular formula is C21H15FN6O3. The number of rotatable bonds is 6. The fraction of sp³-hybridized carbons (Fsp3) is 0.0952. The number of methoxy groups -OCH3 is 1. The molecule has 3 aromatic heterocycles. The number of halogens is 1. The summed E-state index contributed by atoms with van der Waals surface area (Å²) >= 11 is 0. The highest BCUT2D eigenvalue weighted by Crippen LogP contribution is 2.26. The van der Waals surface area contributed by atoms with Gasteiger partial charge in [0.25, 0.3) is 0 Å². The number of aromatic nitrogens is 4. The number of amides is 1. The predicted octanol–water partition coefficient (Wildman–Crippen LogP) is 3.12. The zero-order chi connectivity index (χ0) is 21.8. The van der Waals surface area contributed by atoms with E-state index < -0.39 is 11.7 Å². The van der Waals surface area contributed by atoms with Gasteiger partial charge in [-0.15, -0.1) is 5.10 Å². The van der Waals surface area contributed by atoms with Gasteiger partial charge in [0.15, 0.2) is 17.2 Å². The molecule has 0 atom stereocenters. The fourth-order valence-corrected chi connectivity index (χ4v) is 2.80. The second-order valence-electron chi connectivity index (χ2n) is 6.36. The molecule has 0 spiro atoms. The molecule has 1 N–H and O–H groups in total. The van der Waals surface area contributed by atoms with Crippen molar-refractivity contribution in [1.29, 1.82) is 5.26 Å². The fourth-order valence-electron chi connectivity index (χ4n) is 2.80. The van der Waals surface area contributed by atoms with Gasteiger partial charge in [0, 0.05) is 18.5 Å². The van der Waals surface area contributed by atoms with Crippen LogP contribution >= 0.6 is 0 Å². The molecule has 9 nitrogen and oxygen atoms in total. The number of carbonyl (C=O) groups excluding carboxylic acids is 1. The van der Waals surface area contributed by atoms with E-state index in [2.05, 4.69) is 20.4 Å². The Balaban J connectivity index is 1.44. The van der Waals surface area contributed by atoms with E-state index in [-0.39, 0.29) is 29.6 Å². The molecule has 0 bridgehead atoms. The smallest absolute Gasteiger partial charge is 0.249 e. The molecule has 4 rings (SSSR count). The molecule has 4 aromatic rings. The zero-order valence-electron chi connectivity index (χ0n) is 16.2. The van der Waals surface area contributed by atoms with Crippen LogP contribution in [0.1, 0.15) is 11.1 Å². The van der Waals surface area contributed by atoms with Gasteiger partial charge in [-0.25, -0.2) is 13.9 Å². The van der Waals surface area contributed by atoms with Crippen molar-refractivity contribution in [3.8, 4) is 23.4 Å². The van der Waals surface area contributed by atoms with Gasteiger partial charge in [0.05, 0.1) is 13.5 Å². The van der Waals surface area contributed by atoms with Gasteiger partial charge < -0.3 is 9.47 Å². The number of nitriles is 1. The van der Waals surface area contributed by atoms with Crippen molar-refractivity contribution in [3.63, 3.8) is 0 Å². The summed E-state index contributed by atoms with van der Waals surface area (Å²) in [5.74, 6) is -0.453. The number of nitrogens with zero attached hydrogens (tertiary/aromatic N) is 5. The first-order chi connectivity index (χ1) is 15.1. The number of anilines is 1. The van der Waals surface area contributed by atoms with Crippen LogP contribution in [0.2, 0.25) is 0 Å². The van der Waals surface area contributed by atoms with Crippen LogP contribution in [0.3, 0.4) is 0 Å². The maximum Gasteiger partial charge on any atom is 0.249 e. The summed E-state index contributed by atoms with van der Waals surface area (Å²) in [4.78, 5) is 20.5. The summed E-state index contributed by atoms with van der Waals surface area (Å²) < 4.78 is 26.5. The maximum absolute atomic E-state index is 14.5. The van der Waals surface area contributed by atoms with Crippen LogP contribution in [-0.4, -0.2) is 32.6 Å². The molecule has 0 aliphatic carbocycles. The molecule has 0 unspecified atom stereocenters. The summed E-state index contributed by atoms with van der Waals surface area (Å²) in [5, 5.41) is 15.8. The molecule has 1 aromatic carbocycles. The Kier molecular flexibility index (Phi) is 5.40. The lowest BCUT2D eigenvalue weighted by molar-refractivity contribution is -0.115. The Bertz CT molecular complexity index is 1310. The summed E-state index contributed by atoms with van der Waals surface area (Å²) in [6.07, 6.45) is 3.00. The molecule has 3 heterocycles. The van der Waals surface area contributed by atoms with Crippen LogP contribution < -0.4 is 14.8 Å². The molecular weight excluding hydrogens is 403 g/mol. The number of nitrogens with one attached hydrogen (secondary N) is 1. The van der Waals surface area contributed by atoms with E-state index in [9.17, 15) is 9.18 Å². The molecule has 10 heteroatoms. The van der Waals surface area contributed by atoms with Crippen LogP contribution in [0.15, 0.2) is 54.9 Å². The topological polar surface area (TPSA) is 114 Å². The normalized spacial score (nSPS) is 10.5. The largest absolute Gasteiger partial charge is 0.497 e. The van der Waals surface area contributed by atoms with Crippen molar-refractivity contribution in [2.75, 3.05) is 12.4 Å². The van der Waals surface area contributed by atoms with E-state index in [1.165, 1.54) is 28.9 Å². The summed E-state index contributed by atoms with van der Waals surface area (Å²) in [7, 11) is 1.54. The second-order valence-corrected chi connectivity index (χ2v) is 6.36. The Labute approximate surface area is 175 Å². The average Bonchev–Trinajstić information content (AvgIpc) is 3.17. The van der Waals surface area contributed by atoms with Crippen molar-refractivity contribution < 1.29 is 18.7 Å². The first-order valence-electron chi connectivity index (χ1n) is 9.07. The number of pyridine rings is 2. The van der Waals surface area contributed by atoms with Crippen LogP contribution in [0.25, 0.3) is 5.65 Å². The first kappa shape index (κ1) is 19.8. The van der Waals surface area contributed by atoms with E-state index in [0.29, 0.717) is 17.0 Å². The number of fused-ring (bicyclic) bond motifs is 1. The molecule has 0 aliphatic rings. The third kappa shape index (κ3) is 4.40. The standard InChI is InChI=1S/C21H15FN6O3/c1-30-15-6-8-28-18(11-15)25-21(27-28)26-19(29)10-13-4-5-17(16(22)9-13)31-20-14(12-23)3-2-7-24-20/h2-9,11H,10H2,1H3,(H,26,27,29). The zero-order valence-corrected chi connectivity index (χ0v) is 16.2. The summed E-state index contributed by atoms with van der Waals surface area (Å²) in [5.41, 5.74) is 1.12. The quantitative estimate of drug-likeness (QED) is 0.512. The van der Waals surface area contributed by atoms with Crippen LogP contribution in [0.5, 0.6) is 17.4 Å². The number of benzene rings is 1. The van der Waals surface area contributed by atoms with E-state index >= 15 is 0 Å². The Morgan fingerprint density at radius 3 is 2.94 bits per heavy atom. The molecule has 0 saturated carbocycles. The monoisotopic (exact) mass is 418 g/mol. The molecule has 1 amide bonds. The number of hydrogen-bond acceptors (Lipinski definition) is 7. The third-order valence-corrected chi connectivity index (χ3v) is 4.26. The van der Waals surface area contributed by atoms with Crippen molar-refractivity contribution in [1.82, 2.24) is 19.6 Å². The van der Waals surface area contributed by atoms with E-state index in [0.717, 1.165) is 0 Å². The lowest BCUT2D eigenvalue weighted by Crippen LogP contribution is -2.15. The van der Waals surface area contributed by atoms with Gasteiger partial charge in [0.2, 0.25) is 17.7 Å². The number of carbonyl (C=O) groups is 1. The molecule has 154 valence electrons. The summed E-state index contributed by atoms with van der Waals surface area (Å²) in [6.45, 7) is 0. The van der Waals surface area contributed by atoms with Crippen molar-refractivity contribution >= 4 is 17.5 Å². The van der Waals surface area contributed by atoms with E-state index in [4.69, 9.17) is 14.7 Å². The lowest BCUT2D eigenvalue weighted by atomic mass is 10.1. The Hall–Kier alpha value is -4.52. The van der Waals surface area contributed by atoms with Gasteiger partial charge in [-0.3, -0.25) is 10.1 Å². The van der Waals surface area contributed by atoms with E-state index in [1.54, 1.807) is 37.6 Å². The molecule has 0 radical (unpaired) electrons. The maximum atomic E-state index is 14.5. The minimum absolute atomic E-state index is 0.00365. The first-order valence-corrected chi connectivity index (χ1v) is 9.07. The van der Waals surface area contributed by atoms with Crippen LogP contribution in [0, 0.1) is 17.1 Å². The van der Waals surface area contributed by atoms with Crippen LogP contribution in [0.4, 0.5) is 10.3 Å². The van der Waals surface area contributed by atoms with Crippen molar-refractivity contribution in [3.05, 3.63) is 71.8 Å². The van der Waals surface area contributed by atoms with Crippen molar-refractivity contribution in [2.24, 2.45) is 0 Å². The number of hydrogen-bond donors (Lipinski definition) is 1. The van der Waals surface area contributed by atoms with E-state index in [1.807, 2.05) is 6.07 Å².